The lowest BCUT2D eigenvalue weighted by Crippen LogP contribution is -2.33. The van der Waals surface area contributed by atoms with Crippen molar-refractivity contribution in [3.8, 4) is 0 Å². The molecule has 1 atom stereocenters. The van der Waals surface area contributed by atoms with Crippen LogP contribution in [0.2, 0.25) is 0 Å². The van der Waals surface area contributed by atoms with Crippen molar-refractivity contribution in [3.05, 3.63) is 23.7 Å². The molecule has 0 fully saturated rings. The number of rotatable bonds is 9. The summed E-state index contributed by atoms with van der Waals surface area (Å²) < 4.78 is 5.55. The Kier molecular flexibility index (Phi) is 7.47. The number of furan rings is 1. The van der Waals surface area contributed by atoms with Crippen molar-refractivity contribution in [2.24, 2.45) is 0 Å². The van der Waals surface area contributed by atoms with E-state index in [4.69, 9.17) is 4.42 Å². The van der Waals surface area contributed by atoms with Gasteiger partial charge in [-0.2, -0.15) is 11.8 Å². The van der Waals surface area contributed by atoms with Crippen molar-refractivity contribution in [1.29, 1.82) is 0 Å². The molecule has 1 N–H and O–H groups in total. The van der Waals surface area contributed by atoms with Crippen LogP contribution in [-0.4, -0.2) is 36.5 Å². The average molecular weight is 270 g/mol. The van der Waals surface area contributed by atoms with E-state index in [1.54, 1.807) is 6.26 Å². The first kappa shape index (κ1) is 15.6. The van der Waals surface area contributed by atoms with E-state index in [0.29, 0.717) is 6.04 Å². The zero-order chi connectivity index (χ0) is 13.4. The van der Waals surface area contributed by atoms with Crippen molar-refractivity contribution in [2.45, 2.75) is 39.4 Å². The average Bonchev–Trinajstić information content (AvgIpc) is 2.80. The lowest BCUT2D eigenvalue weighted by molar-refractivity contribution is 0.245. The van der Waals surface area contributed by atoms with Gasteiger partial charge in [0.05, 0.1) is 12.8 Å². The molecule has 4 heteroatoms. The van der Waals surface area contributed by atoms with E-state index in [-0.39, 0.29) is 0 Å². The number of thioether (sulfide) groups is 1. The summed E-state index contributed by atoms with van der Waals surface area (Å²) in [6.07, 6.45) is 5.16. The fraction of sp³-hybridized carbons (Fsp3) is 0.714. The fourth-order valence-corrected chi connectivity index (χ4v) is 2.92. The quantitative estimate of drug-likeness (QED) is 0.747. The molecule has 0 radical (unpaired) electrons. The van der Waals surface area contributed by atoms with E-state index in [1.165, 1.54) is 17.7 Å². The molecule has 1 rings (SSSR count). The van der Waals surface area contributed by atoms with Crippen LogP contribution < -0.4 is 5.32 Å². The number of hydrogen-bond donors (Lipinski definition) is 1. The molecular formula is C14H26N2OS. The zero-order valence-corrected chi connectivity index (χ0v) is 12.8. The lowest BCUT2D eigenvalue weighted by atomic mass is 10.2. The Morgan fingerprint density at radius 3 is 2.83 bits per heavy atom. The highest BCUT2D eigenvalue weighted by Crippen LogP contribution is 2.16. The standard InChI is InChI=1S/C14H26N2OS/c1-5-13(11-18-4)16(3)10-12-7-8-17-14(12)9-15-6-2/h7-8,13,15H,5-6,9-11H2,1-4H3. The second-order valence-electron chi connectivity index (χ2n) is 4.58. The van der Waals surface area contributed by atoms with Crippen molar-refractivity contribution in [2.75, 3.05) is 25.6 Å². The maximum Gasteiger partial charge on any atom is 0.122 e. The molecule has 0 saturated heterocycles. The summed E-state index contributed by atoms with van der Waals surface area (Å²) in [5, 5.41) is 3.32. The molecule has 18 heavy (non-hydrogen) atoms. The Morgan fingerprint density at radius 1 is 1.44 bits per heavy atom. The van der Waals surface area contributed by atoms with Gasteiger partial charge in [-0.25, -0.2) is 0 Å². The van der Waals surface area contributed by atoms with Gasteiger partial charge in [0, 0.05) is 23.9 Å². The Morgan fingerprint density at radius 2 is 2.22 bits per heavy atom. The van der Waals surface area contributed by atoms with Crippen molar-refractivity contribution in [3.63, 3.8) is 0 Å². The summed E-state index contributed by atoms with van der Waals surface area (Å²) in [7, 11) is 2.20. The van der Waals surface area contributed by atoms with Gasteiger partial charge >= 0.3 is 0 Å². The molecule has 104 valence electrons. The molecule has 1 aromatic heterocycles. The first-order chi connectivity index (χ1) is 8.72. The van der Waals surface area contributed by atoms with Crippen LogP contribution in [0.3, 0.4) is 0 Å². The zero-order valence-electron chi connectivity index (χ0n) is 12.0. The van der Waals surface area contributed by atoms with Gasteiger partial charge in [0.2, 0.25) is 0 Å². The van der Waals surface area contributed by atoms with Crippen LogP contribution >= 0.6 is 11.8 Å². The van der Waals surface area contributed by atoms with Gasteiger partial charge < -0.3 is 9.73 Å². The monoisotopic (exact) mass is 270 g/mol. The van der Waals surface area contributed by atoms with E-state index < -0.39 is 0 Å². The highest BCUT2D eigenvalue weighted by molar-refractivity contribution is 7.98. The first-order valence-corrected chi connectivity index (χ1v) is 8.07. The van der Waals surface area contributed by atoms with Gasteiger partial charge in [-0.15, -0.1) is 0 Å². The van der Waals surface area contributed by atoms with Gasteiger partial charge in [0.25, 0.3) is 0 Å². The Hall–Kier alpha value is -0.450. The maximum absolute atomic E-state index is 5.55. The molecule has 0 spiro atoms. The largest absolute Gasteiger partial charge is 0.468 e. The normalized spacial score (nSPS) is 13.2. The predicted molar refractivity (Wildman–Crippen MR) is 80.0 cm³/mol. The minimum absolute atomic E-state index is 0.641. The number of hydrogen-bond acceptors (Lipinski definition) is 4. The minimum Gasteiger partial charge on any atom is -0.468 e. The van der Waals surface area contributed by atoms with Crippen LogP contribution in [0.5, 0.6) is 0 Å². The Balaban J connectivity index is 2.57. The third-order valence-electron chi connectivity index (χ3n) is 3.25. The SMILES string of the molecule is CCNCc1occc1CN(C)C(CC)CSC. The van der Waals surface area contributed by atoms with E-state index in [1.807, 2.05) is 11.8 Å². The summed E-state index contributed by atoms with van der Waals surface area (Å²) in [6, 6.07) is 2.73. The van der Waals surface area contributed by atoms with Gasteiger partial charge in [-0.1, -0.05) is 13.8 Å². The topological polar surface area (TPSA) is 28.4 Å². The molecule has 3 nitrogen and oxygen atoms in total. The molecule has 0 bridgehead atoms. The summed E-state index contributed by atoms with van der Waals surface area (Å²) >= 11 is 1.92. The molecular weight excluding hydrogens is 244 g/mol. The van der Waals surface area contributed by atoms with Gasteiger partial charge in [-0.3, -0.25) is 4.90 Å². The van der Waals surface area contributed by atoms with E-state index in [0.717, 1.165) is 25.4 Å². The molecule has 1 heterocycles. The summed E-state index contributed by atoms with van der Waals surface area (Å²) in [4.78, 5) is 2.43. The fourth-order valence-electron chi connectivity index (χ4n) is 2.05. The van der Waals surface area contributed by atoms with Gasteiger partial charge in [0.15, 0.2) is 0 Å². The summed E-state index contributed by atoms with van der Waals surface area (Å²) in [6.45, 7) is 7.13. The van der Waals surface area contributed by atoms with Gasteiger partial charge in [0.1, 0.15) is 5.76 Å². The first-order valence-electron chi connectivity index (χ1n) is 6.68. The predicted octanol–water partition coefficient (Wildman–Crippen LogP) is 2.96. The second-order valence-corrected chi connectivity index (χ2v) is 5.49. The molecule has 0 aliphatic heterocycles. The molecule has 0 aliphatic carbocycles. The van der Waals surface area contributed by atoms with Crippen molar-refractivity contribution < 1.29 is 4.42 Å². The number of nitrogens with zero attached hydrogens (tertiary/aromatic N) is 1. The molecule has 0 aliphatic rings. The van der Waals surface area contributed by atoms with Crippen LogP contribution in [0.1, 0.15) is 31.6 Å². The van der Waals surface area contributed by atoms with Crippen LogP contribution in [0, 0.1) is 0 Å². The highest BCUT2D eigenvalue weighted by Gasteiger charge is 2.15. The highest BCUT2D eigenvalue weighted by atomic mass is 32.2. The molecule has 0 saturated carbocycles. The van der Waals surface area contributed by atoms with E-state index in [9.17, 15) is 0 Å². The van der Waals surface area contributed by atoms with Crippen LogP contribution in [0.4, 0.5) is 0 Å². The van der Waals surface area contributed by atoms with E-state index in [2.05, 4.69) is 43.4 Å². The Labute approximate surface area is 115 Å². The van der Waals surface area contributed by atoms with Crippen molar-refractivity contribution >= 4 is 11.8 Å². The van der Waals surface area contributed by atoms with Gasteiger partial charge in [-0.05, 0) is 32.3 Å². The van der Waals surface area contributed by atoms with Crippen LogP contribution in [0.25, 0.3) is 0 Å². The smallest absolute Gasteiger partial charge is 0.122 e. The van der Waals surface area contributed by atoms with Crippen molar-refractivity contribution in [1.82, 2.24) is 10.2 Å². The summed E-state index contributed by atoms with van der Waals surface area (Å²) in [5.41, 5.74) is 1.30. The lowest BCUT2D eigenvalue weighted by Gasteiger charge is -2.26. The third-order valence-corrected chi connectivity index (χ3v) is 3.96. The van der Waals surface area contributed by atoms with Crippen LogP contribution in [0.15, 0.2) is 16.7 Å². The molecule has 1 aromatic rings. The van der Waals surface area contributed by atoms with Crippen LogP contribution in [-0.2, 0) is 13.1 Å². The molecule has 0 amide bonds. The number of nitrogens with one attached hydrogen (secondary N) is 1. The molecule has 1 unspecified atom stereocenters. The molecule has 0 aromatic carbocycles. The second kappa shape index (κ2) is 8.62. The summed E-state index contributed by atoms with van der Waals surface area (Å²) in [5.74, 6) is 2.26. The van der Waals surface area contributed by atoms with E-state index >= 15 is 0 Å². The third kappa shape index (κ3) is 4.67. The minimum atomic E-state index is 0.641. The maximum atomic E-state index is 5.55. The Bertz CT molecular complexity index is 327.